The summed E-state index contributed by atoms with van der Waals surface area (Å²) in [5.41, 5.74) is -0.464. The molecule has 0 spiro atoms. The minimum Gasteiger partial charge on any atom is -0.378 e. The fraction of sp³-hybridized carbons (Fsp3) is 0.312. The van der Waals surface area contributed by atoms with Crippen molar-refractivity contribution in [3.63, 3.8) is 0 Å². The highest BCUT2D eigenvalue weighted by atomic mass is 19.4. The summed E-state index contributed by atoms with van der Waals surface area (Å²) in [4.78, 5) is 31.8. The van der Waals surface area contributed by atoms with Gasteiger partial charge >= 0.3 is 6.18 Å². The smallest absolute Gasteiger partial charge is 0.378 e. The molecule has 0 bridgehead atoms. The lowest BCUT2D eigenvalue weighted by Gasteiger charge is -2.29. The Labute approximate surface area is 139 Å². The third-order valence-electron chi connectivity index (χ3n) is 4.09. The van der Waals surface area contributed by atoms with E-state index >= 15 is 0 Å². The first-order valence-corrected chi connectivity index (χ1v) is 7.47. The number of benzene rings is 1. The number of alkyl halides is 3. The van der Waals surface area contributed by atoms with Crippen LogP contribution in [0.4, 0.5) is 13.2 Å². The van der Waals surface area contributed by atoms with Gasteiger partial charge in [0.15, 0.2) is 6.10 Å². The van der Waals surface area contributed by atoms with Crippen LogP contribution < -0.4 is 5.56 Å². The summed E-state index contributed by atoms with van der Waals surface area (Å²) in [6.07, 6.45) is -4.79. The van der Waals surface area contributed by atoms with Crippen molar-refractivity contribution in [2.24, 2.45) is 0 Å². The third-order valence-corrected chi connectivity index (χ3v) is 4.09. The molecule has 1 aromatic heterocycles. The fourth-order valence-electron chi connectivity index (χ4n) is 2.75. The molecule has 1 atom stereocenters. The Balaban J connectivity index is 1.81. The molecular formula is C16H14F3N3O3. The maximum atomic E-state index is 12.8. The number of aromatic amines is 1. The monoisotopic (exact) mass is 353 g/mol. The molecule has 0 saturated heterocycles. The third kappa shape index (κ3) is 3.41. The summed E-state index contributed by atoms with van der Waals surface area (Å²) < 4.78 is 38.3. The van der Waals surface area contributed by atoms with E-state index in [0.29, 0.717) is 11.3 Å². The molecule has 1 amide bonds. The highest BCUT2D eigenvalue weighted by Crippen LogP contribution is 2.31. The van der Waals surface area contributed by atoms with Crippen molar-refractivity contribution in [1.29, 1.82) is 0 Å². The number of carbonyl (C=O) groups is 1. The van der Waals surface area contributed by atoms with Crippen LogP contribution in [0.25, 0.3) is 0 Å². The van der Waals surface area contributed by atoms with Crippen molar-refractivity contribution < 1.29 is 23.1 Å². The molecule has 2 aromatic rings. The number of nitrogens with zero attached hydrogens (tertiary/aromatic N) is 2. The minimum absolute atomic E-state index is 0.0219. The molecule has 25 heavy (non-hydrogen) atoms. The number of fused-ring (bicyclic) bond motifs is 1. The van der Waals surface area contributed by atoms with E-state index in [2.05, 4.69) is 9.97 Å². The van der Waals surface area contributed by atoms with Gasteiger partial charge < -0.3 is 15.0 Å². The van der Waals surface area contributed by atoms with Gasteiger partial charge in [-0.25, -0.2) is 4.98 Å². The Kier molecular flexibility index (Phi) is 4.34. The standard InChI is InChI=1S/C16H14F3N3O3/c17-16(18,19)10-3-1-2-9(6-10)13(23)15(25)22-5-4-11-12(7-22)20-8-21-14(11)24/h1-3,6,8,13,23H,4-5,7H2,(H,20,21,24). The Bertz CT molecular complexity index is 863. The second-order valence-corrected chi connectivity index (χ2v) is 5.69. The molecule has 0 radical (unpaired) electrons. The Morgan fingerprint density at radius 3 is 2.84 bits per heavy atom. The maximum Gasteiger partial charge on any atom is 0.416 e. The van der Waals surface area contributed by atoms with Crippen molar-refractivity contribution in [3.05, 3.63) is 63.3 Å². The Hall–Kier alpha value is -2.68. The largest absolute Gasteiger partial charge is 0.416 e. The molecule has 1 aliphatic heterocycles. The molecule has 0 fully saturated rings. The van der Waals surface area contributed by atoms with E-state index in [1.54, 1.807) is 0 Å². The lowest BCUT2D eigenvalue weighted by molar-refractivity contribution is -0.142. The van der Waals surface area contributed by atoms with Crippen molar-refractivity contribution >= 4 is 5.91 Å². The highest BCUT2D eigenvalue weighted by molar-refractivity contribution is 5.82. The number of aromatic nitrogens is 2. The van der Waals surface area contributed by atoms with Gasteiger partial charge in [-0.2, -0.15) is 13.2 Å². The van der Waals surface area contributed by atoms with Crippen LogP contribution in [0.2, 0.25) is 0 Å². The zero-order chi connectivity index (χ0) is 18.2. The van der Waals surface area contributed by atoms with Gasteiger partial charge in [-0.1, -0.05) is 12.1 Å². The van der Waals surface area contributed by atoms with E-state index < -0.39 is 23.8 Å². The minimum atomic E-state index is -4.56. The predicted molar refractivity (Wildman–Crippen MR) is 80.4 cm³/mol. The number of hydrogen-bond donors (Lipinski definition) is 2. The van der Waals surface area contributed by atoms with Crippen LogP contribution in [0.15, 0.2) is 35.4 Å². The number of nitrogens with one attached hydrogen (secondary N) is 1. The van der Waals surface area contributed by atoms with Crippen LogP contribution in [0.3, 0.4) is 0 Å². The number of carbonyl (C=O) groups excluding carboxylic acids is 1. The van der Waals surface area contributed by atoms with E-state index in [4.69, 9.17) is 0 Å². The normalized spacial score (nSPS) is 15.6. The van der Waals surface area contributed by atoms with E-state index in [9.17, 15) is 27.9 Å². The molecule has 1 unspecified atom stereocenters. The van der Waals surface area contributed by atoms with Crippen LogP contribution in [0, 0.1) is 0 Å². The number of aliphatic hydroxyl groups is 1. The van der Waals surface area contributed by atoms with Gasteiger partial charge in [-0.15, -0.1) is 0 Å². The number of rotatable bonds is 2. The second kappa shape index (κ2) is 6.32. The second-order valence-electron chi connectivity index (χ2n) is 5.69. The van der Waals surface area contributed by atoms with Gasteiger partial charge in [-0.3, -0.25) is 9.59 Å². The number of halogens is 3. The first kappa shape index (κ1) is 17.2. The summed E-state index contributed by atoms with van der Waals surface area (Å²) in [6, 6.07) is 4.03. The van der Waals surface area contributed by atoms with Crippen molar-refractivity contribution in [3.8, 4) is 0 Å². The molecule has 3 rings (SSSR count). The zero-order valence-electron chi connectivity index (χ0n) is 12.9. The van der Waals surface area contributed by atoms with E-state index in [1.807, 2.05) is 0 Å². The van der Waals surface area contributed by atoms with Crippen LogP contribution in [-0.4, -0.2) is 32.4 Å². The number of amides is 1. The van der Waals surface area contributed by atoms with Crippen LogP contribution >= 0.6 is 0 Å². The number of hydrogen-bond acceptors (Lipinski definition) is 4. The number of aliphatic hydroxyl groups excluding tert-OH is 1. The first-order chi connectivity index (χ1) is 11.8. The van der Waals surface area contributed by atoms with Gasteiger partial charge in [0, 0.05) is 12.1 Å². The summed E-state index contributed by atoms with van der Waals surface area (Å²) in [5.74, 6) is -0.730. The molecule has 1 aliphatic rings. The van der Waals surface area contributed by atoms with Gasteiger partial charge in [0.05, 0.1) is 24.1 Å². The summed E-state index contributed by atoms with van der Waals surface area (Å²) in [6.45, 7) is 0.199. The predicted octanol–water partition coefficient (Wildman–Crippen LogP) is 1.41. The quantitative estimate of drug-likeness (QED) is 0.855. The molecule has 0 aliphatic carbocycles. The molecule has 9 heteroatoms. The number of H-pyrrole nitrogens is 1. The molecule has 2 heterocycles. The van der Waals surface area contributed by atoms with E-state index in [1.165, 1.54) is 17.3 Å². The Morgan fingerprint density at radius 2 is 2.12 bits per heavy atom. The zero-order valence-corrected chi connectivity index (χ0v) is 12.9. The maximum absolute atomic E-state index is 12.8. The van der Waals surface area contributed by atoms with Crippen LogP contribution in [-0.2, 0) is 23.9 Å². The molecule has 2 N–H and O–H groups in total. The molecule has 132 valence electrons. The van der Waals surface area contributed by atoms with E-state index in [0.717, 1.165) is 18.2 Å². The van der Waals surface area contributed by atoms with E-state index in [-0.39, 0.29) is 30.6 Å². The SMILES string of the molecule is O=C(C(O)c1cccc(C(F)(F)F)c1)N1CCc2c(nc[nH]c2=O)C1. The molecule has 6 nitrogen and oxygen atoms in total. The van der Waals surface area contributed by atoms with Crippen molar-refractivity contribution in [2.45, 2.75) is 25.2 Å². The highest BCUT2D eigenvalue weighted by Gasteiger charge is 2.33. The van der Waals surface area contributed by atoms with Gasteiger partial charge in [0.2, 0.25) is 0 Å². The van der Waals surface area contributed by atoms with Crippen molar-refractivity contribution in [2.75, 3.05) is 6.54 Å². The van der Waals surface area contributed by atoms with Gasteiger partial charge in [0.1, 0.15) is 0 Å². The summed E-state index contributed by atoms with van der Waals surface area (Å²) in [7, 11) is 0. The van der Waals surface area contributed by atoms with Crippen LogP contribution in [0.1, 0.15) is 28.5 Å². The average molecular weight is 353 g/mol. The van der Waals surface area contributed by atoms with Crippen LogP contribution in [0.5, 0.6) is 0 Å². The molecule has 1 aromatic carbocycles. The summed E-state index contributed by atoms with van der Waals surface area (Å²) >= 11 is 0. The molecular weight excluding hydrogens is 339 g/mol. The lowest BCUT2D eigenvalue weighted by atomic mass is 10.0. The summed E-state index contributed by atoms with van der Waals surface area (Å²) in [5, 5.41) is 10.2. The van der Waals surface area contributed by atoms with Gasteiger partial charge in [0.25, 0.3) is 11.5 Å². The average Bonchev–Trinajstić information content (AvgIpc) is 2.60. The fourth-order valence-corrected chi connectivity index (χ4v) is 2.75. The van der Waals surface area contributed by atoms with Crippen molar-refractivity contribution in [1.82, 2.24) is 14.9 Å². The molecule has 0 saturated carbocycles. The van der Waals surface area contributed by atoms with Gasteiger partial charge in [-0.05, 0) is 24.1 Å². The first-order valence-electron chi connectivity index (χ1n) is 7.47. The lowest BCUT2D eigenvalue weighted by Crippen LogP contribution is -2.41. The Morgan fingerprint density at radius 1 is 1.36 bits per heavy atom. The topological polar surface area (TPSA) is 86.3 Å².